The van der Waals surface area contributed by atoms with Crippen LogP contribution in [0.15, 0.2) is 48.5 Å². The molecule has 2 amide bonds. The Balaban J connectivity index is 1.10. The van der Waals surface area contributed by atoms with Gasteiger partial charge in [-0.3, -0.25) is 9.59 Å². The maximum Gasteiger partial charge on any atom is 0.227 e. The van der Waals surface area contributed by atoms with Crippen LogP contribution in [0.25, 0.3) is 22.5 Å². The minimum Gasteiger partial charge on any atom is -0.379 e. The van der Waals surface area contributed by atoms with E-state index in [4.69, 9.17) is 18.9 Å². The van der Waals surface area contributed by atoms with Gasteiger partial charge in [-0.15, -0.1) is 5.10 Å². The van der Waals surface area contributed by atoms with Gasteiger partial charge >= 0.3 is 0 Å². The van der Waals surface area contributed by atoms with Crippen LogP contribution in [0.1, 0.15) is 52.0 Å². The minimum atomic E-state index is -0.294. The topological polar surface area (TPSA) is 134 Å². The molecule has 0 aliphatic carbocycles. The Morgan fingerprint density at radius 2 is 1.48 bits per heavy atom. The Morgan fingerprint density at radius 1 is 0.854 bits per heavy atom. The number of rotatable bonds is 21. The minimum absolute atomic E-state index is 0.0689. The van der Waals surface area contributed by atoms with Crippen molar-refractivity contribution in [2.24, 2.45) is 5.41 Å². The highest BCUT2D eigenvalue weighted by molar-refractivity contribution is 6.01. The predicted octanol–water partition coefficient (Wildman–Crippen LogP) is 4.45. The van der Waals surface area contributed by atoms with E-state index in [1.165, 1.54) is 0 Å². The lowest BCUT2D eigenvalue weighted by Gasteiger charge is -2.28. The van der Waals surface area contributed by atoms with Crippen LogP contribution in [0.4, 0.5) is 5.69 Å². The van der Waals surface area contributed by atoms with Crippen molar-refractivity contribution < 1.29 is 33.3 Å². The van der Waals surface area contributed by atoms with E-state index >= 15 is 0 Å². The van der Waals surface area contributed by atoms with Crippen LogP contribution in [0.3, 0.4) is 0 Å². The van der Waals surface area contributed by atoms with Gasteiger partial charge in [-0.2, -0.15) is 0 Å². The quantitative estimate of drug-likeness (QED) is 0.130. The van der Waals surface area contributed by atoms with Gasteiger partial charge in [0.05, 0.1) is 64.2 Å². The molecule has 12 heteroatoms. The van der Waals surface area contributed by atoms with Gasteiger partial charge in [0.15, 0.2) is 0 Å². The second-order valence-electron chi connectivity index (χ2n) is 12.3. The standard InChI is InChI=1S/C36H49N5O7/c1-4-41-35-29-11-6-5-10-28(29)26-40(31-13-8-7-12-30(31)34(35)38-39-41)33(44)15-14-32(43)37-17-19-46-21-23-48-25-24-47-22-20-45-18-9-16-36(2,3)27-42/h5-8,10-13,27H,4,9,14-26H2,1-3H3,(H,37,43). The summed E-state index contributed by atoms with van der Waals surface area (Å²) in [6.45, 7) is 11.0. The van der Waals surface area contributed by atoms with E-state index in [2.05, 4.69) is 15.6 Å². The predicted molar refractivity (Wildman–Crippen MR) is 182 cm³/mol. The van der Waals surface area contributed by atoms with Gasteiger partial charge in [-0.05, 0) is 31.4 Å². The number of benzene rings is 2. The highest BCUT2D eigenvalue weighted by atomic mass is 16.6. The lowest BCUT2D eigenvalue weighted by Crippen LogP contribution is -2.34. The second-order valence-corrected chi connectivity index (χ2v) is 12.3. The summed E-state index contributed by atoms with van der Waals surface area (Å²) in [4.78, 5) is 38.8. The van der Waals surface area contributed by atoms with Gasteiger partial charge < -0.3 is 34.0 Å². The molecule has 3 aromatic rings. The molecule has 0 spiro atoms. The maximum atomic E-state index is 13.6. The molecule has 0 atom stereocenters. The summed E-state index contributed by atoms with van der Waals surface area (Å²) in [6, 6.07) is 15.7. The third-order valence-corrected chi connectivity index (χ3v) is 8.07. The van der Waals surface area contributed by atoms with Crippen molar-refractivity contribution in [3.63, 3.8) is 0 Å². The maximum absolute atomic E-state index is 13.6. The molecule has 260 valence electrons. The van der Waals surface area contributed by atoms with Crippen LogP contribution in [0.5, 0.6) is 0 Å². The van der Waals surface area contributed by atoms with Crippen molar-refractivity contribution in [1.82, 2.24) is 20.3 Å². The largest absolute Gasteiger partial charge is 0.379 e. The van der Waals surface area contributed by atoms with Crippen LogP contribution in [-0.2, 0) is 46.4 Å². The molecule has 1 aliphatic rings. The Kier molecular flexibility index (Phi) is 14.7. The van der Waals surface area contributed by atoms with Gasteiger partial charge in [0.25, 0.3) is 0 Å². The summed E-state index contributed by atoms with van der Waals surface area (Å²) in [5, 5.41) is 11.7. The summed E-state index contributed by atoms with van der Waals surface area (Å²) in [5.41, 5.74) is 4.95. The number of carbonyl (C=O) groups excluding carboxylic acids is 3. The zero-order valence-corrected chi connectivity index (χ0v) is 28.4. The van der Waals surface area contributed by atoms with Crippen LogP contribution >= 0.6 is 0 Å². The van der Waals surface area contributed by atoms with Crippen molar-refractivity contribution in [2.75, 3.05) is 64.3 Å². The number of aldehydes is 1. The number of hydrogen-bond acceptors (Lipinski definition) is 9. The average molecular weight is 664 g/mol. The first kappa shape index (κ1) is 36.9. The second kappa shape index (κ2) is 19.1. The van der Waals surface area contributed by atoms with Gasteiger partial charge in [0, 0.05) is 49.1 Å². The van der Waals surface area contributed by atoms with Gasteiger partial charge in [-0.1, -0.05) is 61.5 Å². The first-order valence-corrected chi connectivity index (χ1v) is 16.8. The Morgan fingerprint density at radius 3 is 2.17 bits per heavy atom. The number of carbonyl (C=O) groups is 3. The third-order valence-electron chi connectivity index (χ3n) is 8.07. The van der Waals surface area contributed by atoms with E-state index in [1.807, 2.05) is 74.0 Å². The Labute approximate surface area is 283 Å². The molecule has 4 rings (SSSR count). The number of anilines is 1. The van der Waals surface area contributed by atoms with E-state index in [0.717, 1.165) is 52.9 Å². The highest BCUT2D eigenvalue weighted by Crippen LogP contribution is 2.41. The van der Waals surface area contributed by atoms with Gasteiger partial charge in [-0.25, -0.2) is 4.68 Å². The number of nitrogens with zero attached hydrogens (tertiary/aromatic N) is 4. The number of fused-ring (bicyclic) bond motifs is 5. The molecule has 2 aromatic carbocycles. The van der Waals surface area contributed by atoms with E-state index in [9.17, 15) is 14.4 Å². The molecular formula is C36H49N5O7. The SMILES string of the molecule is CCn1nnc2c1-c1ccccc1CN(C(=O)CCC(=O)NCCOCCOCCOCCOCCCC(C)(C)C=O)c1ccccc1-2. The van der Waals surface area contributed by atoms with E-state index in [-0.39, 0.29) is 30.1 Å². The average Bonchev–Trinajstić information content (AvgIpc) is 3.52. The number of nitrogens with one attached hydrogen (secondary N) is 1. The third kappa shape index (κ3) is 10.8. The van der Waals surface area contributed by atoms with Crippen molar-refractivity contribution in [3.05, 3.63) is 54.1 Å². The normalized spacial score (nSPS) is 12.4. The molecule has 0 saturated carbocycles. The molecule has 2 heterocycles. The molecule has 1 aromatic heterocycles. The fourth-order valence-electron chi connectivity index (χ4n) is 5.42. The van der Waals surface area contributed by atoms with Crippen molar-refractivity contribution >= 4 is 23.8 Å². The molecule has 48 heavy (non-hydrogen) atoms. The number of hydrogen-bond donors (Lipinski definition) is 1. The number of amides is 2. The zero-order valence-electron chi connectivity index (χ0n) is 28.4. The molecule has 0 fully saturated rings. The highest BCUT2D eigenvalue weighted by Gasteiger charge is 2.28. The number of para-hydroxylation sites is 1. The summed E-state index contributed by atoms with van der Waals surface area (Å²) in [7, 11) is 0. The van der Waals surface area contributed by atoms with Crippen LogP contribution in [-0.4, -0.2) is 92.5 Å². The van der Waals surface area contributed by atoms with Gasteiger partial charge in [0.1, 0.15) is 12.0 Å². The van der Waals surface area contributed by atoms with E-state index in [0.29, 0.717) is 72.5 Å². The van der Waals surface area contributed by atoms with E-state index in [1.54, 1.807) is 4.90 Å². The first-order valence-electron chi connectivity index (χ1n) is 16.8. The van der Waals surface area contributed by atoms with Crippen molar-refractivity contribution in [3.8, 4) is 22.5 Å². The number of ether oxygens (including phenoxy) is 4. The molecule has 0 bridgehead atoms. The van der Waals surface area contributed by atoms with Crippen LogP contribution in [0.2, 0.25) is 0 Å². The lowest BCUT2D eigenvalue weighted by atomic mass is 9.90. The number of aryl methyl sites for hydroxylation is 1. The molecule has 1 N–H and O–H groups in total. The Bertz CT molecular complexity index is 1470. The molecule has 1 aliphatic heterocycles. The fraction of sp³-hybridized carbons (Fsp3) is 0.528. The monoisotopic (exact) mass is 663 g/mol. The smallest absolute Gasteiger partial charge is 0.227 e. The summed E-state index contributed by atoms with van der Waals surface area (Å²) in [5.74, 6) is -0.345. The summed E-state index contributed by atoms with van der Waals surface area (Å²) >= 11 is 0. The summed E-state index contributed by atoms with van der Waals surface area (Å²) in [6.07, 6.45) is 2.77. The molecule has 0 unspecified atom stereocenters. The summed E-state index contributed by atoms with van der Waals surface area (Å²) < 4.78 is 24.0. The Hall–Kier alpha value is -3.97. The van der Waals surface area contributed by atoms with Crippen LogP contribution in [0, 0.1) is 5.41 Å². The van der Waals surface area contributed by atoms with Crippen LogP contribution < -0.4 is 10.2 Å². The molecule has 0 radical (unpaired) electrons. The molecule has 0 saturated heterocycles. The lowest BCUT2D eigenvalue weighted by molar-refractivity contribution is -0.125. The first-order chi connectivity index (χ1) is 23.3. The van der Waals surface area contributed by atoms with Crippen molar-refractivity contribution in [2.45, 2.75) is 59.5 Å². The fourth-order valence-corrected chi connectivity index (χ4v) is 5.42. The van der Waals surface area contributed by atoms with E-state index < -0.39 is 0 Å². The van der Waals surface area contributed by atoms with Gasteiger partial charge in [0.2, 0.25) is 11.8 Å². The van der Waals surface area contributed by atoms with Crippen molar-refractivity contribution in [1.29, 1.82) is 0 Å². The molecule has 12 nitrogen and oxygen atoms in total. The number of aromatic nitrogens is 3. The molecular weight excluding hydrogens is 614 g/mol. The zero-order chi connectivity index (χ0) is 34.2.